The summed E-state index contributed by atoms with van der Waals surface area (Å²) in [7, 11) is 0. The van der Waals surface area contributed by atoms with Crippen LogP contribution in [-0.2, 0) is 0 Å². The summed E-state index contributed by atoms with van der Waals surface area (Å²) in [6.45, 7) is 2.67. The molecule has 0 radical (unpaired) electrons. The van der Waals surface area contributed by atoms with E-state index in [-0.39, 0.29) is 19.1 Å². The zero-order valence-electron chi connectivity index (χ0n) is 10.5. The van der Waals surface area contributed by atoms with Gasteiger partial charge in [-0.05, 0) is 30.7 Å². The summed E-state index contributed by atoms with van der Waals surface area (Å²) < 4.78 is 0. The molecule has 0 aliphatic rings. The molecule has 1 amide bonds. The largest absolute Gasteiger partial charge is 0.394 e. The normalized spacial score (nSPS) is 11.9. The lowest BCUT2D eigenvalue weighted by Gasteiger charge is -2.10. The van der Waals surface area contributed by atoms with Gasteiger partial charge in [-0.15, -0.1) is 0 Å². The van der Waals surface area contributed by atoms with Crippen LogP contribution in [0.1, 0.15) is 23.7 Å². The van der Waals surface area contributed by atoms with E-state index in [1.165, 1.54) is 0 Å². The van der Waals surface area contributed by atoms with Gasteiger partial charge in [-0.25, -0.2) is 0 Å². The monoisotopic (exact) mass is 252 g/mol. The van der Waals surface area contributed by atoms with Gasteiger partial charge in [0.2, 0.25) is 0 Å². The third-order valence-corrected chi connectivity index (χ3v) is 2.44. The van der Waals surface area contributed by atoms with Crippen molar-refractivity contribution in [3.05, 3.63) is 29.8 Å². The molecule has 0 saturated heterocycles. The second-order valence-electron chi connectivity index (χ2n) is 4.05. The molecule has 1 aromatic rings. The number of nitrogens with one attached hydrogen (secondary N) is 2. The van der Waals surface area contributed by atoms with Crippen LogP contribution in [0.2, 0.25) is 0 Å². The molecule has 18 heavy (non-hydrogen) atoms. The summed E-state index contributed by atoms with van der Waals surface area (Å²) in [5, 5.41) is 23.6. The molecule has 5 heteroatoms. The molecule has 0 spiro atoms. The Hall–Kier alpha value is -1.59. The highest BCUT2D eigenvalue weighted by atomic mass is 16.3. The molecule has 0 aliphatic carbocycles. The van der Waals surface area contributed by atoms with E-state index < -0.39 is 6.10 Å². The number of benzene rings is 1. The van der Waals surface area contributed by atoms with Crippen molar-refractivity contribution in [3.8, 4) is 0 Å². The predicted molar refractivity (Wildman–Crippen MR) is 70.6 cm³/mol. The maximum absolute atomic E-state index is 11.6. The minimum Gasteiger partial charge on any atom is -0.394 e. The van der Waals surface area contributed by atoms with Gasteiger partial charge in [-0.2, -0.15) is 0 Å². The molecule has 0 heterocycles. The fourth-order valence-electron chi connectivity index (χ4n) is 1.38. The van der Waals surface area contributed by atoms with Gasteiger partial charge in [0.1, 0.15) is 0 Å². The third kappa shape index (κ3) is 4.73. The van der Waals surface area contributed by atoms with Gasteiger partial charge in [-0.3, -0.25) is 4.79 Å². The standard InChI is InChI=1S/C13H20N2O3/c1-2-7-14-13(18)10-3-5-11(6-4-10)15-8-12(17)9-16/h3-6,12,15-17H,2,7-9H2,1H3,(H,14,18). The highest BCUT2D eigenvalue weighted by Crippen LogP contribution is 2.09. The molecular weight excluding hydrogens is 232 g/mol. The summed E-state index contributed by atoms with van der Waals surface area (Å²) >= 11 is 0. The van der Waals surface area contributed by atoms with Crippen molar-refractivity contribution in [3.63, 3.8) is 0 Å². The highest BCUT2D eigenvalue weighted by Gasteiger charge is 2.05. The Morgan fingerprint density at radius 3 is 2.56 bits per heavy atom. The molecule has 0 fully saturated rings. The van der Waals surface area contributed by atoms with Crippen molar-refractivity contribution in [2.24, 2.45) is 0 Å². The Labute approximate surface area is 107 Å². The molecule has 1 aromatic carbocycles. The van der Waals surface area contributed by atoms with Gasteiger partial charge >= 0.3 is 0 Å². The molecular formula is C13H20N2O3. The van der Waals surface area contributed by atoms with Crippen LogP contribution >= 0.6 is 0 Å². The lowest BCUT2D eigenvalue weighted by Crippen LogP contribution is -2.24. The van der Waals surface area contributed by atoms with Gasteiger partial charge in [0.25, 0.3) is 5.91 Å². The number of aliphatic hydroxyl groups is 2. The van der Waals surface area contributed by atoms with E-state index in [1.807, 2.05) is 6.92 Å². The lowest BCUT2D eigenvalue weighted by atomic mass is 10.2. The number of hydrogen-bond acceptors (Lipinski definition) is 4. The van der Waals surface area contributed by atoms with E-state index in [0.717, 1.165) is 12.1 Å². The van der Waals surface area contributed by atoms with Crippen LogP contribution in [0, 0.1) is 0 Å². The van der Waals surface area contributed by atoms with Crippen molar-refractivity contribution < 1.29 is 15.0 Å². The van der Waals surface area contributed by atoms with Crippen LogP contribution < -0.4 is 10.6 Å². The van der Waals surface area contributed by atoms with Gasteiger partial charge in [0.05, 0.1) is 12.7 Å². The molecule has 1 rings (SSSR count). The molecule has 1 atom stereocenters. The van der Waals surface area contributed by atoms with E-state index in [0.29, 0.717) is 12.1 Å². The zero-order chi connectivity index (χ0) is 13.4. The number of anilines is 1. The lowest BCUT2D eigenvalue weighted by molar-refractivity contribution is 0.0953. The van der Waals surface area contributed by atoms with Gasteiger partial charge in [-0.1, -0.05) is 6.92 Å². The van der Waals surface area contributed by atoms with Crippen LogP contribution in [0.4, 0.5) is 5.69 Å². The number of hydrogen-bond donors (Lipinski definition) is 4. The van der Waals surface area contributed by atoms with Crippen molar-refractivity contribution >= 4 is 11.6 Å². The summed E-state index contributed by atoms with van der Waals surface area (Å²) in [4.78, 5) is 11.6. The fourth-order valence-corrected chi connectivity index (χ4v) is 1.38. The quantitative estimate of drug-likeness (QED) is 0.572. The molecule has 4 N–H and O–H groups in total. The van der Waals surface area contributed by atoms with Crippen LogP contribution in [-0.4, -0.2) is 41.9 Å². The average Bonchev–Trinajstić information content (AvgIpc) is 2.42. The number of amides is 1. The van der Waals surface area contributed by atoms with E-state index >= 15 is 0 Å². The maximum atomic E-state index is 11.6. The second-order valence-corrected chi connectivity index (χ2v) is 4.05. The summed E-state index contributed by atoms with van der Waals surface area (Å²) in [5.41, 5.74) is 1.41. The number of rotatable bonds is 7. The first kappa shape index (κ1) is 14.5. The van der Waals surface area contributed by atoms with Crippen molar-refractivity contribution in [1.29, 1.82) is 0 Å². The Bertz CT molecular complexity index is 365. The predicted octanol–water partition coefficient (Wildman–Crippen LogP) is 0.591. The number of aliphatic hydroxyl groups excluding tert-OH is 2. The molecule has 0 aromatic heterocycles. The summed E-state index contributed by atoms with van der Waals surface area (Å²) in [5.74, 6) is -0.0845. The Morgan fingerprint density at radius 1 is 1.33 bits per heavy atom. The van der Waals surface area contributed by atoms with Crippen molar-refractivity contribution in [2.75, 3.05) is 25.0 Å². The Morgan fingerprint density at radius 2 is 2.00 bits per heavy atom. The third-order valence-electron chi connectivity index (χ3n) is 2.44. The molecule has 1 unspecified atom stereocenters. The topological polar surface area (TPSA) is 81.6 Å². The molecule has 0 saturated carbocycles. The minimum atomic E-state index is -0.780. The van der Waals surface area contributed by atoms with Gasteiger partial charge in [0, 0.05) is 24.3 Å². The summed E-state index contributed by atoms with van der Waals surface area (Å²) in [6.07, 6.45) is 0.127. The molecule has 0 aliphatic heterocycles. The van der Waals surface area contributed by atoms with Crippen LogP contribution in [0.25, 0.3) is 0 Å². The summed E-state index contributed by atoms with van der Waals surface area (Å²) in [6, 6.07) is 6.98. The van der Waals surface area contributed by atoms with E-state index in [9.17, 15) is 9.90 Å². The van der Waals surface area contributed by atoms with Crippen LogP contribution in [0.3, 0.4) is 0 Å². The average molecular weight is 252 g/mol. The zero-order valence-corrected chi connectivity index (χ0v) is 10.5. The smallest absolute Gasteiger partial charge is 0.251 e. The van der Waals surface area contributed by atoms with Gasteiger partial charge < -0.3 is 20.8 Å². The second kappa shape index (κ2) is 7.68. The first-order chi connectivity index (χ1) is 8.67. The SMILES string of the molecule is CCCNC(=O)c1ccc(NCC(O)CO)cc1. The van der Waals surface area contributed by atoms with E-state index in [4.69, 9.17) is 5.11 Å². The first-order valence-corrected chi connectivity index (χ1v) is 6.08. The molecule has 100 valence electrons. The van der Waals surface area contributed by atoms with Crippen LogP contribution in [0.15, 0.2) is 24.3 Å². The highest BCUT2D eigenvalue weighted by molar-refractivity contribution is 5.94. The maximum Gasteiger partial charge on any atom is 0.251 e. The van der Waals surface area contributed by atoms with Crippen molar-refractivity contribution in [1.82, 2.24) is 5.32 Å². The molecule has 0 bridgehead atoms. The number of carbonyl (C=O) groups excluding carboxylic acids is 1. The van der Waals surface area contributed by atoms with Gasteiger partial charge in [0.15, 0.2) is 0 Å². The van der Waals surface area contributed by atoms with E-state index in [2.05, 4.69) is 10.6 Å². The fraction of sp³-hybridized carbons (Fsp3) is 0.462. The van der Waals surface area contributed by atoms with Crippen molar-refractivity contribution in [2.45, 2.75) is 19.4 Å². The Kier molecular flexibility index (Phi) is 6.18. The van der Waals surface area contributed by atoms with Crippen LogP contribution in [0.5, 0.6) is 0 Å². The minimum absolute atomic E-state index is 0.0845. The molecule has 5 nitrogen and oxygen atoms in total. The Balaban J connectivity index is 2.49. The first-order valence-electron chi connectivity index (χ1n) is 6.08. The van der Waals surface area contributed by atoms with E-state index in [1.54, 1.807) is 24.3 Å². The number of carbonyl (C=O) groups is 1.